The number of hydrogen-bond acceptors (Lipinski definition) is 5. The predicted molar refractivity (Wildman–Crippen MR) is 123 cm³/mol. The van der Waals surface area contributed by atoms with E-state index in [1.165, 1.54) is 0 Å². The van der Waals surface area contributed by atoms with Crippen LogP contribution in [0, 0.1) is 6.92 Å². The number of anilines is 1. The minimum absolute atomic E-state index is 0.182. The molecule has 3 aromatic rings. The van der Waals surface area contributed by atoms with E-state index in [9.17, 15) is 14.7 Å². The van der Waals surface area contributed by atoms with Gasteiger partial charge in [0.2, 0.25) is 0 Å². The second kappa shape index (κ2) is 11.5. The van der Waals surface area contributed by atoms with Gasteiger partial charge in [0.15, 0.2) is 0 Å². The Morgan fingerprint density at radius 3 is 2.44 bits per heavy atom. The molecule has 166 valence electrons. The van der Waals surface area contributed by atoms with Crippen molar-refractivity contribution in [3.05, 3.63) is 89.6 Å². The van der Waals surface area contributed by atoms with Gasteiger partial charge in [0.1, 0.15) is 17.6 Å². The monoisotopic (exact) mass is 433 g/mol. The summed E-state index contributed by atoms with van der Waals surface area (Å²) in [7, 11) is 0. The van der Waals surface area contributed by atoms with Gasteiger partial charge in [-0.2, -0.15) is 0 Å². The molecular formula is C25H27N3O4. The lowest BCUT2D eigenvalue weighted by molar-refractivity contribution is -0.139. The van der Waals surface area contributed by atoms with Crippen LogP contribution in [0.15, 0.2) is 72.9 Å². The topological polar surface area (TPSA) is 101 Å². The highest BCUT2D eigenvalue weighted by atomic mass is 16.5. The van der Waals surface area contributed by atoms with Crippen molar-refractivity contribution in [3.63, 3.8) is 0 Å². The Balaban J connectivity index is 1.45. The molecule has 1 heterocycles. The number of hydrogen-bond donors (Lipinski definition) is 3. The van der Waals surface area contributed by atoms with Gasteiger partial charge in [0.05, 0.1) is 6.61 Å². The number of carbonyl (C=O) groups is 2. The number of ether oxygens (including phenoxy) is 1. The molecule has 1 aromatic heterocycles. The number of nitrogens with one attached hydrogen (secondary N) is 2. The van der Waals surface area contributed by atoms with Gasteiger partial charge in [-0.25, -0.2) is 9.78 Å². The van der Waals surface area contributed by atoms with Crippen molar-refractivity contribution >= 4 is 17.7 Å². The molecule has 0 fully saturated rings. The van der Waals surface area contributed by atoms with Gasteiger partial charge in [-0.1, -0.05) is 35.9 Å². The van der Waals surface area contributed by atoms with Crippen molar-refractivity contribution < 1.29 is 19.4 Å². The molecule has 1 atom stereocenters. The number of carboxylic acid groups (broad SMARTS) is 1. The number of carboxylic acids is 1. The molecule has 2 aromatic carbocycles. The normalized spacial score (nSPS) is 11.4. The van der Waals surface area contributed by atoms with Crippen LogP contribution in [0.2, 0.25) is 0 Å². The molecule has 3 rings (SSSR count). The van der Waals surface area contributed by atoms with E-state index in [1.54, 1.807) is 18.3 Å². The van der Waals surface area contributed by atoms with Crippen LogP contribution in [0.4, 0.5) is 5.82 Å². The van der Waals surface area contributed by atoms with Gasteiger partial charge in [-0.3, -0.25) is 4.79 Å². The highest BCUT2D eigenvalue weighted by Gasteiger charge is 2.21. The largest absolute Gasteiger partial charge is 0.494 e. The van der Waals surface area contributed by atoms with Gasteiger partial charge in [-0.15, -0.1) is 0 Å². The van der Waals surface area contributed by atoms with E-state index in [0.717, 1.165) is 29.9 Å². The highest BCUT2D eigenvalue weighted by Crippen LogP contribution is 2.14. The Morgan fingerprint density at radius 2 is 1.78 bits per heavy atom. The fraction of sp³-hybridized carbons (Fsp3) is 0.240. The third-order valence-corrected chi connectivity index (χ3v) is 4.84. The molecule has 1 amide bonds. The number of rotatable bonds is 11. The van der Waals surface area contributed by atoms with Crippen LogP contribution in [-0.4, -0.2) is 41.2 Å². The molecule has 3 N–H and O–H groups in total. The molecule has 0 saturated heterocycles. The lowest BCUT2D eigenvalue weighted by Gasteiger charge is -2.15. The zero-order valence-corrected chi connectivity index (χ0v) is 18.0. The van der Waals surface area contributed by atoms with Crippen molar-refractivity contribution in [1.29, 1.82) is 0 Å². The van der Waals surface area contributed by atoms with Crippen molar-refractivity contribution in [3.8, 4) is 5.75 Å². The predicted octanol–water partition coefficient (Wildman–Crippen LogP) is 3.70. The average Bonchev–Trinajstić information content (AvgIpc) is 2.80. The quantitative estimate of drug-likeness (QED) is 0.399. The second-order valence-electron chi connectivity index (χ2n) is 7.42. The summed E-state index contributed by atoms with van der Waals surface area (Å²) in [5.41, 5.74) is 2.26. The number of carbonyl (C=O) groups excluding carboxylic acids is 1. The highest BCUT2D eigenvalue weighted by molar-refractivity contribution is 5.96. The molecule has 0 saturated carbocycles. The van der Waals surface area contributed by atoms with Gasteiger partial charge in [0, 0.05) is 24.7 Å². The molecule has 0 radical (unpaired) electrons. The molecule has 0 aliphatic rings. The number of aliphatic carboxylic acids is 1. The van der Waals surface area contributed by atoms with E-state index in [2.05, 4.69) is 15.6 Å². The maximum Gasteiger partial charge on any atom is 0.326 e. The summed E-state index contributed by atoms with van der Waals surface area (Å²) in [6.45, 7) is 3.22. The Hall–Kier alpha value is -3.87. The molecule has 0 unspecified atom stereocenters. The van der Waals surface area contributed by atoms with E-state index in [0.29, 0.717) is 17.9 Å². The minimum Gasteiger partial charge on any atom is -0.494 e. The van der Waals surface area contributed by atoms with Gasteiger partial charge >= 0.3 is 5.97 Å². The fourth-order valence-corrected chi connectivity index (χ4v) is 3.05. The van der Waals surface area contributed by atoms with Crippen LogP contribution in [0.3, 0.4) is 0 Å². The Morgan fingerprint density at radius 1 is 1.03 bits per heavy atom. The van der Waals surface area contributed by atoms with Crippen LogP contribution in [-0.2, 0) is 11.2 Å². The summed E-state index contributed by atoms with van der Waals surface area (Å²) in [6, 6.07) is 18.9. The molecule has 0 aliphatic heterocycles. The zero-order valence-electron chi connectivity index (χ0n) is 18.0. The zero-order chi connectivity index (χ0) is 22.8. The van der Waals surface area contributed by atoms with Gasteiger partial charge < -0.3 is 20.5 Å². The fourth-order valence-electron chi connectivity index (χ4n) is 3.05. The van der Waals surface area contributed by atoms with E-state index < -0.39 is 17.9 Å². The van der Waals surface area contributed by atoms with E-state index in [4.69, 9.17) is 4.74 Å². The first-order valence-corrected chi connectivity index (χ1v) is 10.5. The molecule has 0 spiro atoms. The summed E-state index contributed by atoms with van der Waals surface area (Å²) in [5.74, 6) is 0.0596. The van der Waals surface area contributed by atoms with Gasteiger partial charge in [-0.05, 0) is 55.3 Å². The van der Waals surface area contributed by atoms with Crippen molar-refractivity contribution in [2.75, 3.05) is 18.5 Å². The number of pyridine rings is 1. The van der Waals surface area contributed by atoms with Crippen molar-refractivity contribution in [2.45, 2.75) is 25.8 Å². The third kappa shape index (κ3) is 7.12. The van der Waals surface area contributed by atoms with Crippen LogP contribution >= 0.6 is 0 Å². The minimum atomic E-state index is -1.08. The van der Waals surface area contributed by atoms with Crippen LogP contribution in [0.25, 0.3) is 0 Å². The Bertz CT molecular complexity index is 1010. The molecule has 0 bridgehead atoms. The summed E-state index contributed by atoms with van der Waals surface area (Å²) >= 11 is 0. The standard InChI is InChI=1S/C25H27N3O4/c1-18-6-10-20(11-7-18)24(29)28-22(25(30)31)17-19-8-12-21(13-9-19)32-16-4-15-27-23-5-2-3-14-26-23/h2-3,5-14,22H,4,15-17H2,1H3,(H,26,27)(H,28,29)(H,30,31)/t22-/m0/s1. The van der Waals surface area contributed by atoms with Gasteiger partial charge in [0.25, 0.3) is 5.91 Å². The smallest absolute Gasteiger partial charge is 0.326 e. The number of nitrogens with zero attached hydrogens (tertiary/aromatic N) is 1. The number of amides is 1. The van der Waals surface area contributed by atoms with E-state index in [-0.39, 0.29) is 6.42 Å². The lowest BCUT2D eigenvalue weighted by atomic mass is 10.0. The average molecular weight is 434 g/mol. The summed E-state index contributed by atoms with van der Waals surface area (Å²) < 4.78 is 5.74. The lowest BCUT2D eigenvalue weighted by Crippen LogP contribution is -2.42. The van der Waals surface area contributed by atoms with E-state index >= 15 is 0 Å². The summed E-state index contributed by atoms with van der Waals surface area (Å²) in [5, 5.41) is 15.3. The SMILES string of the molecule is Cc1ccc(C(=O)N[C@@H](Cc2ccc(OCCCNc3ccccn3)cc2)C(=O)O)cc1. The van der Waals surface area contributed by atoms with Crippen molar-refractivity contribution in [1.82, 2.24) is 10.3 Å². The maximum atomic E-state index is 12.4. The first-order valence-electron chi connectivity index (χ1n) is 10.5. The number of benzene rings is 2. The molecule has 7 nitrogen and oxygen atoms in total. The van der Waals surface area contributed by atoms with Crippen LogP contribution < -0.4 is 15.4 Å². The van der Waals surface area contributed by atoms with Crippen LogP contribution in [0.1, 0.15) is 27.9 Å². The maximum absolute atomic E-state index is 12.4. The first-order chi connectivity index (χ1) is 15.5. The van der Waals surface area contributed by atoms with Crippen molar-refractivity contribution in [2.24, 2.45) is 0 Å². The summed E-state index contributed by atoms with van der Waals surface area (Å²) in [4.78, 5) is 28.2. The summed E-state index contributed by atoms with van der Waals surface area (Å²) in [6.07, 6.45) is 2.73. The van der Waals surface area contributed by atoms with Crippen LogP contribution in [0.5, 0.6) is 5.75 Å². The third-order valence-electron chi connectivity index (χ3n) is 4.84. The second-order valence-corrected chi connectivity index (χ2v) is 7.42. The molecule has 32 heavy (non-hydrogen) atoms. The molecule has 7 heteroatoms. The molecular weight excluding hydrogens is 406 g/mol. The Kier molecular flexibility index (Phi) is 8.20. The molecule has 0 aliphatic carbocycles. The number of aromatic nitrogens is 1. The number of aryl methyl sites for hydroxylation is 1. The first kappa shape index (κ1) is 22.8. The Labute approximate surface area is 187 Å². The van der Waals surface area contributed by atoms with E-state index in [1.807, 2.05) is 61.5 Å².